The number of carbonyl (C=O) groups excluding carboxylic acids is 2. The van der Waals surface area contributed by atoms with E-state index in [1.165, 1.54) is 5.56 Å². The van der Waals surface area contributed by atoms with Crippen molar-refractivity contribution in [3.63, 3.8) is 0 Å². The van der Waals surface area contributed by atoms with E-state index >= 15 is 0 Å². The molecule has 0 radical (unpaired) electrons. The van der Waals surface area contributed by atoms with Gasteiger partial charge in [-0.2, -0.15) is 0 Å². The van der Waals surface area contributed by atoms with E-state index in [0.29, 0.717) is 17.9 Å². The van der Waals surface area contributed by atoms with Gasteiger partial charge in [-0.05, 0) is 54.7 Å². The van der Waals surface area contributed by atoms with Crippen LogP contribution in [-0.4, -0.2) is 11.9 Å². The Balaban J connectivity index is 1.61. The SMILES string of the molecule is CCc1ccc(NC(=O)[C@@H]2CCCC[C@@H]2C(=O)OCc2cccc(Cl)c2)cc1. The van der Waals surface area contributed by atoms with Crippen LogP contribution in [-0.2, 0) is 27.4 Å². The van der Waals surface area contributed by atoms with E-state index in [0.717, 1.165) is 30.5 Å². The summed E-state index contributed by atoms with van der Waals surface area (Å²) in [6.07, 6.45) is 4.23. The molecule has 0 aromatic heterocycles. The lowest BCUT2D eigenvalue weighted by Gasteiger charge is -2.29. The first-order valence-corrected chi connectivity index (χ1v) is 10.3. The molecule has 1 saturated carbocycles. The molecule has 3 rings (SSSR count). The molecule has 0 bridgehead atoms. The fourth-order valence-corrected chi connectivity index (χ4v) is 3.89. The van der Waals surface area contributed by atoms with Gasteiger partial charge in [0.15, 0.2) is 0 Å². The molecule has 28 heavy (non-hydrogen) atoms. The second-order valence-electron chi connectivity index (χ2n) is 7.27. The van der Waals surface area contributed by atoms with Gasteiger partial charge in [0, 0.05) is 10.7 Å². The van der Waals surface area contributed by atoms with Gasteiger partial charge in [0.2, 0.25) is 5.91 Å². The lowest BCUT2D eigenvalue weighted by atomic mass is 9.78. The highest BCUT2D eigenvalue weighted by Gasteiger charge is 2.36. The summed E-state index contributed by atoms with van der Waals surface area (Å²) < 4.78 is 5.51. The van der Waals surface area contributed by atoms with Gasteiger partial charge < -0.3 is 10.1 Å². The van der Waals surface area contributed by atoms with Crippen molar-refractivity contribution in [2.24, 2.45) is 11.8 Å². The number of aryl methyl sites for hydroxylation is 1. The van der Waals surface area contributed by atoms with Crippen LogP contribution in [0.15, 0.2) is 48.5 Å². The minimum Gasteiger partial charge on any atom is -0.461 e. The predicted molar refractivity (Wildman–Crippen MR) is 111 cm³/mol. The van der Waals surface area contributed by atoms with Gasteiger partial charge in [-0.1, -0.05) is 55.6 Å². The third-order valence-electron chi connectivity index (χ3n) is 5.31. The van der Waals surface area contributed by atoms with Crippen molar-refractivity contribution in [2.75, 3.05) is 5.32 Å². The first kappa shape index (κ1) is 20.4. The van der Waals surface area contributed by atoms with E-state index in [4.69, 9.17) is 16.3 Å². The van der Waals surface area contributed by atoms with Crippen molar-refractivity contribution < 1.29 is 14.3 Å². The number of benzene rings is 2. The molecule has 1 amide bonds. The fourth-order valence-electron chi connectivity index (χ4n) is 3.67. The highest BCUT2D eigenvalue weighted by Crippen LogP contribution is 2.32. The van der Waals surface area contributed by atoms with Crippen LogP contribution in [0.5, 0.6) is 0 Å². The van der Waals surface area contributed by atoms with Gasteiger partial charge >= 0.3 is 5.97 Å². The number of rotatable bonds is 6. The summed E-state index contributed by atoms with van der Waals surface area (Å²) in [7, 11) is 0. The van der Waals surface area contributed by atoms with Crippen molar-refractivity contribution in [1.29, 1.82) is 0 Å². The molecule has 0 aliphatic heterocycles. The Morgan fingerprint density at radius 3 is 2.43 bits per heavy atom. The molecule has 1 fully saturated rings. The number of hydrogen-bond donors (Lipinski definition) is 1. The molecular weight excluding hydrogens is 374 g/mol. The number of hydrogen-bond acceptors (Lipinski definition) is 3. The van der Waals surface area contributed by atoms with Crippen molar-refractivity contribution in [3.05, 3.63) is 64.7 Å². The van der Waals surface area contributed by atoms with E-state index in [9.17, 15) is 9.59 Å². The molecule has 4 nitrogen and oxygen atoms in total. The maximum atomic E-state index is 12.8. The minimum atomic E-state index is -0.400. The normalized spacial score (nSPS) is 19.1. The van der Waals surface area contributed by atoms with E-state index < -0.39 is 5.92 Å². The molecular formula is C23H26ClNO3. The topological polar surface area (TPSA) is 55.4 Å². The van der Waals surface area contributed by atoms with E-state index in [2.05, 4.69) is 12.2 Å². The average Bonchev–Trinajstić information content (AvgIpc) is 2.72. The molecule has 0 spiro atoms. The highest BCUT2D eigenvalue weighted by molar-refractivity contribution is 6.30. The monoisotopic (exact) mass is 399 g/mol. The highest BCUT2D eigenvalue weighted by atomic mass is 35.5. The molecule has 2 aromatic carbocycles. The van der Waals surface area contributed by atoms with Crippen molar-refractivity contribution in [2.45, 2.75) is 45.6 Å². The lowest BCUT2D eigenvalue weighted by molar-refractivity contribution is -0.155. The van der Waals surface area contributed by atoms with Crippen LogP contribution in [0.1, 0.15) is 43.7 Å². The minimum absolute atomic E-state index is 0.103. The molecule has 1 aliphatic carbocycles. The number of amides is 1. The van der Waals surface area contributed by atoms with Gasteiger partial charge in [-0.3, -0.25) is 9.59 Å². The predicted octanol–water partition coefficient (Wildman–Crippen LogP) is 5.39. The standard InChI is InChI=1S/C23H26ClNO3/c1-2-16-10-12-19(13-11-16)25-22(26)20-8-3-4-9-21(20)23(27)28-15-17-6-5-7-18(24)14-17/h5-7,10-14,20-21H,2-4,8-9,15H2,1H3,(H,25,26)/t20-,21+/m1/s1. The average molecular weight is 400 g/mol. The number of halogens is 1. The molecule has 1 N–H and O–H groups in total. The summed E-state index contributed by atoms with van der Waals surface area (Å²) in [4.78, 5) is 25.5. The van der Waals surface area contributed by atoms with Crippen LogP contribution < -0.4 is 5.32 Å². The van der Waals surface area contributed by atoms with Gasteiger partial charge in [0.25, 0.3) is 0 Å². The van der Waals surface area contributed by atoms with Crippen LogP contribution in [0.2, 0.25) is 5.02 Å². The van der Waals surface area contributed by atoms with Gasteiger partial charge in [0.1, 0.15) is 6.61 Å². The molecule has 0 saturated heterocycles. The van der Waals surface area contributed by atoms with E-state index in [-0.39, 0.29) is 24.4 Å². The summed E-state index contributed by atoms with van der Waals surface area (Å²) in [5, 5.41) is 3.57. The van der Waals surface area contributed by atoms with Gasteiger partial charge in [0.05, 0.1) is 11.8 Å². The molecule has 1 aliphatic rings. The molecule has 5 heteroatoms. The summed E-state index contributed by atoms with van der Waals surface area (Å²) in [6, 6.07) is 15.1. The Morgan fingerprint density at radius 1 is 1.04 bits per heavy atom. The van der Waals surface area contributed by atoms with Crippen molar-refractivity contribution >= 4 is 29.2 Å². The van der Waals surface area contributed by atoms with Crippen molar-refractivity contribution in [1.82, 2.24) is 0 Å². The zero-order valence-electron chi connectivity index (χ0n) is 16.1. The van der Waals surface area contributed by atoms with Crippen LogP contribution in [0, 0.1) is 11.8 Å². The summed E-state index contributed by atoms with van der Waals surface area (Å²) in [5.74, 6) is -1.16. The molecule has 148 valence electrons. The largest absolute Gasteiger partial charge is 0.461 e. The molecule has 2 atom stereocenters. The Labute approximate surface area is 171 Å². The second-order valence-corrected chi connectivity index (χ2v) is 7.71. The van der Waals surface area contributed by atoms with Gasteiger partial charge in [-0.25, -0.2) is 0 Å². The third-order valence-corrected chi connectivity index (χ3v) is 5.54. The van der Waals surface area contributed by atoms with E-state index in [1.54, 1.807) is 12.1 Å². The zero-order valence-corrected chi connectivity index (χ0v) is 16.9. The number of carbonyl (C=O) groups is 2. The van der Waals surface area contributed by atoms with Crippen LogP contribution in [0.25, 0.3) is 0 Å². The Hall–Kier alpha value is -2.33. The molecule has 2 aromatic rings. The third kappa shape index (κ3) is 5.35. The number of anilines is 1. The first-order chi connectivity index (χ1) is 13.6. The number of esters is 1. The maximum absolute atomic E-state index is 12.8. The summed E-state index contributed by atoms with van der Waals surface area (Å²) >= 11 is 5.98. The maximum Gasteiger partial charge on any atom is 0.310 e. The molecule has 0 heterocycles. The van der Waals surface area contributed by atoms with E-state index in [1.807, 2.05) is 36.4 Å². The quantitative estimate of drug-likeness (QED) is 0.662. The smallest absolute Gasteiger partial charge is 0.310 e. The lowest BCUT2D eigenvalue weighted by Crippen LogP contribution is -2.37. The Kier molecular flexibility index (Phi) is 7.10. The number of nitrogens with one attached hydrogen (secondary N) is 1. The number of ether oxygens (including phenoxy) is 1. The second kappa shape index (κ2) is 9.74. The van der Waals surface area contributed by atoms with Crippen LogP contribution in [0.3, 0.4) is 0 Å². The Morgan fingerprint density at radius 2 is 1.75 bits per heavy atom. The summed E-state index contributed by atoms with van der Waals surface area (Å²) in [6.45, 7) is 2.26. The van der Waals surface area contributed by atoms with Crippen LogP contribution in [0.4, 0.5) is 5.69 Å². The van der Waals surface area contributed by atoms with Gasteiger partial charge in [-0.15, -0.1) is 0 Å². The molecule has 0 unspecified atom stereocenters. The fraction of sp³-hybridized carbons (Fsp3) is 0.391. The summed E-state index contributed by atoms with van der Waals surface area (Å²) in [5.41, 5.74) is 2.82. The first-order valence-electron chi connectivity index (χ1n) is 9.87. The van der Waals surface area contributed by atoms with Crippen molar-refractivity contribution in [3.8, 4) is 0 Å². The zero-order chi connectivity index (χ0) is 19.9. The Bertz CT molecular complexity index is 819. The van der Waals surface area contributed by atoms with Crippen LogP contribution >= 0.6 is 11.6 Å².